The summed E-state index contributed by atoms with van der Waals surface area (Å²) in [5, 5.41) is 0. The highest BCUT2D eigenvalue weighted by Crippen LogP contribution is 2.26. The minimum atomic E-state index is 0.325. The van der Waals surface area contributed by atoms with Crippen molar-refractivity contribution in [2.45, 2.75) is 39.5 Å². The molecule has 0 aliphatic heterocycles. The molecule has 1 aromatic carbocycles. The van der Waals surface area contributed by atoms with E-state index in [1.54, 1.807) is 0 Å². The molecule has 0 atom stereocenters. The van der Waals surface area contributed by atoms with Gasteiger partial charge in [0.2, 0.25) is 0 Å². The molecular formula is C12H18. The van der Waals surface area contributed by atoms with Crippen molar-refractivity contribution in [3.05, 3.63) is 35.4 Å². The fraction of sp³-hybridized carbons (Fsp3) is 0.500. The van der Waals surface area contributed by atoms with Gasteiger partial charge in [0.05, 0.1) is 0 Å². The summed E-state index contributed by atoms with van der Waals surface area (Å²) in [6, 6.07) is 8.79. The van der Waals surface area contributed by atoms with Crippen LogP contribution in [0.4, 0.5) is 0 Å². The van der Waals surface area contributed by atoms with Gasteiger partial charge in [0.1, 0.15) is 0 Å². The Morgan fingerprint density at radius 3 is 2.42 bits per heavy atom. The molecular weight excluding hydrogens is 144 g/mol. The zero-order valence-electron chi connectivity index (χ0n) is 8.52. The lowest BCUT2D eigenvalue weighted by Crippen LogP contribution is -2.15. The molecule has 66 valence electrons. The van der Waals surface area contributed by atoms with Gasteiger partial charge in [0.15, 0.2) is 0 Å². The van der Waals surface area contributed by atoms with Crippen LogP contribution < -0.4 is 0 Å². The fourth-order valence-electron chi connectivity index (χ4n) is 1.27. The van der Waals surface area contributed by atoms with Crippen LogP contribution in [0, 0.1) is 6.92 Å². The molecule has 0 nitrogen and oxygen atoms in total. The summed E-state index contributed by atoms with van der Waals surface area (Å²) in [5.41, 5.74) is 3.13. The average Bonchev–Trinajstić information content (AvgIpc) is 2.05. The maximum atomic E-state index is 2.29. The van der Waals surface area contributed by atoms with Crippen LogP contribution in [0.15, 0.2) is 24.3 Å². The fourth-order valence-corrected chi connectivity index (χ4v) is 1.27. The molecule has 0 amide bonds. The minimum Gasteiger partial charge on any atom is -0.0646 e. The lowest BCUT2D eigenvalue weighted by atomic mass is 9.82. The first-order valence-corrected chi connectivity index (χ1v) is 4.63. The number of hydrogen-bond donors (Lipinski definition) is 0. The third-order valence-corrected chi connectivity index (χ3v) is 2.68. The van der Waals surface area contributed by atoms with E-state index in [9.17, 15) is 0 Å². The first-order chi connectivity index (χ1) is 5.56. The van der Waals surface area contributed by atoms with Crippen LogP contribution in [0.5, 0.6) is 0 Å². The molecule has 12 heavy (non-hydrogen) atoms. The van der Waals surface area contributed by atoms with Gasteiger partial charge in [0, 0.05) is 0 Å². The zero-order valence-corrected chi connectivity index (χ0v) is 8.52. The molecule has 0 aliphatic rings. The Labute approximate surface area is 75.6 Å². The van der Waals surface area contributed by atoms with Crippen LogP contribution in [0.2, 0.25) is 0 Å². The van der Waals surface area contributed by atoms with Gasteiger partial charge in [0.25, 0.3) is 0 Å². The maximum Gasteiger partial charge on any atom is -0.0106 e. The normalized spacial score (nSPS) is 11.7. The second-order valence-electron chi connectivity index (χ2n) is 4.11. The molecule has 0 heterocycles. The van der Waals surface area contributed by atoms with E-state index in [1.807, 2.05) is 0 Å². The van der Waals surface area contributed by atoms with Crippen LogP contribution in [-0.2, 0) is 5.41 Å². The van der Waals surface area contributed by atoms with Crippen LogP contribution in [0.1, 0.15) is 38.3 Å². The third-order valence-electron chi connectivity index (χ3n) is 2.68. The van der Waals surface area contributed by atoms with Crippen molar-refractivity contribution in [2.24, 2.45) is 0 Å². The molecule has 0 saturated carbocycles. The molecule has 0 spiro atoms. The van der Waals surface area contributed by atoms with E-state index in [4.69, 9.17) is 0 Å². The number of benzene rings is 1. The summed E-state index contributed by atoms with van der Waals surface area (Å²) in [6.07, 6.45) is 1.19. The zero-order chi connectivity index (χ0) is 9.19. The van der Waals surface area contributed by atoms with Crippen molar-refractivity contribution in [3.8, 4) is 0 Å². The molecule has 0 saturated heterocycles. The lowest BCUT2D eigenvalue weighted by Gasteiger charge is -2.23. The monoisotopic (exact) mass is 162 g/mol. The molecule has 0 unspecified atom stereocenters. The predicted octanol–water partition coefficient (Wildman–Crippen LogP) is 3.68. The highest BCUT2D eigenvalue weighted by Gasteiger charge is 2.17. The molecule has 0 fully saturated rings. The summed E-state index contributed by atoms with van der Waals surface area (Å²) in [5.74, 6) is 0. The van der Waals surface area contributed by atoms with Crippen molar-refractivity contribution in [3.63, 3.8) is 0 Å². The van der Waals surface area contributed by atoms with Crippen LogP contribution in [0.3, 0.4) is 0 Å². The van der Waals surface area contributed by atoms with Gasteiger partial charge in [-0.25, -0.2) is 0 Å². The number of aryl methyl sites for hydroxylation is 1. The van der Waals surface area contributed by atoms with E-state index in [-0.39, 0.29) is 0 Å². The van der Waals surface area contributed by atoms with E-state index in [1.165, 1.54) is 17.5 Å². The number of hydrogen-bond acceptors (Lipinski definition) is 0. The molecule has 0 N–H and O–H groups in total. The Morgan fingerprint density at radius 1 is 1.25 bits per heavy atom. The van der Waals surface area contributed by atoms with Gasteiger partial charge in [-0.1, -0.05) is 50.6 Å². The molecule has 0 heteroatoms. The van der Waals surface area contributed by atoms with Crippen molar-refractivity contribution in [1.82, 2.24) is 0 Å². The van der Waals surface area contributed by atoms with Crippen molar-refractivity contribution >= 4 is 0 Å². The van der Waals surface area contributed by atoms with Gasteiger partial charge >= 0.3 is 0 Å². The summed E-state index contributed by atoms with van der Waals surface area (Å²) in [7, 11) is 0. The van der Waals surface area contributed by atoms with E-state index < -0.39 is 0 Å². The largest absolute Gasteiger partial charge is 0.0646 e. The van der Waals surface area contributed by atoms with Gasteiger partial charge < -0.3 is 0 Å². The van der Waals surface area contributed by atoms with Gasteiger partial charge in [-0.2, -0.15) is 0 Å². The lowest BCUT2D eigenvalue weighted by molar-refractivity contribution is 0.506. The first-order valence-electron chi connectivity index (χ1n) is 4.63. The maximum absolute atomic E-state index is 2.29. The van der Waals surface area contributed by atoms with E-state index in [2.05, 4.69) is 52.0 Å². The highest BCUT2D eigenvalue weighted by atomic mass is 14.2. The molecule has 0 bridgehead atoms. The van der Waals surface area contributed by atoms with Crippen LogP contribution in [0.25, 0.3) is 0 Å². The quantitative estimate of drug-likeness (QED) is 0.622. The average molecular weight is 162 g/mol. The van der Waals surface area contributed by atoms with E-state index in [0.29, 0.717) is 5.41 Å². The molecule has 1 aromatic rings. The molecule has 0 radical (unpaired) electrons. The van der Waals surface area contributed by atoms with Gasteiger partial charge in [-0.3, -0.25) is 0 Å². The predicted molar refractivity (Wildman–Crippen MR) is 54.5 cm³/mol. The Hall–Kier alpha value is -0.780. The highest BCUT2D eigenvalue weighted by molar-refractivity contribution is 5.28. The van der Waals surface area contributed by atoms with Crippen molar-refractivity contribution in [1.29, 1.82) is 0 Å². The van der Waals surface area contributed by atoms with E-state index in [0.717, 1.165) is 0 Å². The minimum absolute atomic E-state index is 0.325. The van der Waals surface area contributed by atoms with Crippen molar-refractivity contribution in [2.75, 3.05) is 0 Å². The molecule has 1 rings (SSSR count). The SMILES string of the molecule is CCC(C)(C)c1cccc(C)c1. The molecule has 0 aliphatic carbocycles. The Balaban J connectivity index is 3.03. The van der Waals surface area contributed by atoms with Crippen molar-refractivity contribution < 1.29 is 0 Å². The van der Waals surface area contributed by atoms with Crippen LogP contribution >= 0.6 is 0 Å². The summed E-state index contributed by atoms with van der Waals surface area (Å²) in [4.78, 5) is 0. The van der Waals surface area contributed by atoms with Gasteiger partial charge in [-0.05, 0) is 24.3 Å². The Bertz CT molecular complexity index is 258. The summed E-state index contributed by atoms with van der Waals surface area (Å²) >= 11 is 0. The summed E-state index contributed by atoms with van der Waals surface area (Å²) in [6.45, 7) is 8.97. The Kier molecular flexibility index (Phi) is 2.56. The first kappa shape index (κ1) is 9.31. The van der Waals surface area contributed by atoms with Crippen LogP contribution in [-0.4, -0.2) is 0 Å². The second kappa shape index (κ2) is 3.30. The Morgan fingerprint density at radius 2 is 1.92 bits per heavy atom. The third kappa shape index (κ3) is 1.88. The van der Waals surface area contributed by atoms with Gasteiger partial charge in [-0.15, -0.1) is 0 Å². The molecule has 0 aromatic heterocycles. The number of rotatable bonds is 2. The smallest absolute Gasteiger partial charge is 0.0106 e. The standard InChI is InChI=1S/C12H18/c1-5-12(3,4)11-8-6-7-10(2)9-11/h6-9H,5H2,1-4H3. The second-order valence-corrected chi connectivity index (χ2v) is 4.11. The topological polar surface area (TPSA) is 0 Å². The van der Waals surface area contributed by atoms with E-state index >= 15 is 0 Å². The summed E-state index contributed by atoms with van der Waals surface area (Å²) < 4.78 is 0.